The first-order chi connectivity index (χ1) is 11.6. The van der Waals surface area contributed by atoms with Crippen LogP contribution in [0.15, 0.2) is 36.5 Å². The Balaban J connectivity index is 1.81. The number of aromatic nitrogens is 1. The minimum absolute atomic E-state index is 0.197. The minimum atomic E-state index is -0.606. The van der Waals surface area contributed by atoms with Crippen LogP contribution in [0, 0.1) is 0 Å². The molecule has 0 radical (unpaired) electrons. The monoisotopic (exact) mass is 366 g/mol. The summed E-state index contributed by atoms with van der Waals surface area (Å²) < 4.78 is 5.48. The highest BCUT2D eigenvalue weighted by atomic mass is 35.5. The molecular formula is C17H16Cl2N2O3. The Hall–Kier alpha value is -1.82. The van der Waals surface area contributed by atoms with Crippen molar-refractivity contribution in [2.45, 2.75) is 18.4 Å². The third kappa shape index (κ3) is 3.48. The first kappa shape index (κ1) is 17.0. The van der Waals surface area contributed by atoms with Crippen molar-refractivity contribution in [3.63, 3.8) is 0 Å². The number of carbonyl (C=O) groups is 1. The van der Waals surface area contributed by atoms with Crippen LogP contribution in [0.2, 0.25) is 10.0 Å². The van der Waals surface area contributed by atoms with E-state index in [0.717, 1.165) is 5.56 Å². The normalized spacial score (nSPS) is 17.5. The van der Waals surface area contributed by atoms with Crippen LogP contribution in [0.25, 0.3) is 0 Å². The standard InChI is InChI=1S/C17H16Cl2N2O3/c18-10-3-4-13(14(19)8-10)15(9-22)21-16(23)11-5-7-24-17-12(11)2-1-6-20-17/h1-4,6,8,11,15,22H,5,7,9H2,(H,21,23)/t11-,15-/m1/s1. The van der Waals surface area contributed by atoms with Gasteiger partial charge in [0.15, 0.2) is 0 Å². The molecule has 1 amide bonds. The lowest BCUT2D eigenvalue weighted by Crippen LogP contribution is -2.36. The maximum atomic E-state index is 12.7. The number of amides is 1. The summed E-state index contributed by atoms with van der Waals surface area (Å²) in [6, 6.07) is 7.95. The molecule has 2 N–H and O–H groups in total. The first-order valence-electron chi connectivity index (χ1n) is 7.54. The molecule has 1 aromatic heterocycles. The zero-order valence-corrected chi connectivity index (χ0v) is 14.2. The summed E-state index contributed by atoms with van der Waals surface area (Å²) in [5, 5.41) is 13.4. The Bertz CT molecular complexity index is 754. The summed E-state index contributed by atoms with van der Waals surface area (Å²) in [7, 11) is 0. The van der Waals surface area contributed by atoms with Gasteiger partial charge in [0.25, 0.3) is 0 Å². The van der Waals surface area contributed by atoms with Crippen molar-refractivity contribution in [2.24, 2.45) is 0 Å². The molecule has 2 heterocycles. The van der Waals surface area contributed by atoms with Crippen LogP contribution in [-0.2, 0) is 4.79 Å². The predicted octanol–water partition coefficient (Wildman–Crippen LogP) is 3.10. The molecule has 5 nitrogen and oxygen atoms in total. The number of ether oxygens (including phenoxy) is 1. The van der Waals surface area contributed by atoms with Gasteiger partial charge in [0.1, 0.15) is 0 Å². The lowest BCUT2D eigenvalue weighted by atomic mass is 9.93. The number of halogens is 2. The van der Waals surface area contributed by atoms with E-state index in [2.05, 4.69) is 10.3 Å². The molecule has 0 spiro atoms. The molecule has 2 aromatic rings. The SMILES string of the molecule is O=C(N[C@H](CO)c1ccc(Cl)cc1Cl)[C@@H]1CCOc2ncccc21. The van der Waals surface area contributed by atoms with Gasteiger partial charge in [-0.2, -0.15) is 0 Å². The first-order valence-corrected chi connectivity index (χ1v) is 8.29. The third-order valence-electron chi connectivity index (χ3n) is 3.97. The van der Waals surface area contributed by atoms with Gasteiger partial charge in [-0.1, -0.05) is 35.3 Å². The second kappa shape index (κ2) is 7.38. The van der Waals surface area contributed by atoms with Crippen LogP contribution in [0.5, 0.6) is 5.88 Å². The van der Waals surface area contributed by atoms with Crippen molar-refractivity contribution in [2.75, 3.05) is 13.2 Å². The molecule has 0 saturated heterocycles. The number of pyridine rings is 1. The van der Waals surface area contributed by atoms with Gasteiger partial charge in [-0.05, 0) is 30.2 Å². The molecule has 7 heteroatoms. The van der Waals surface area contributed by atoms with Crippen molar-refractivity contribution >= 4 is 29.1 Å². The summed E-state index contributed by atoms with van der Waals surface area (Å²) in [6.07, 6.45) is 2.18. The van der Waals surface area contributed by atoms with E-state index in [0.29, 0.717) is 34.5 Å². The Morgan fingerprint density at radius 3 is 3.00 bits per heavy atom. The van der Waals surface area contributed by atoms with Gasteiger partial charge in [0.2, 0.25) is 11.8 Å². The fourth-order valence-electron chi connectivity index (χ4n) is 2.77. The molecule has 0 aliphatic carbocycles. The van der Waals surface area contributed by atoms with Crippen molar-refractivity contribution in [1.29, 1.82) is 0 Å². The largest absolute Gasteiger partial charge is 0.477 e. The number of aliphatic hydroxyl groups is 1. The fraction of sp³-hybridized carbons (Fsp3) is 0.294. The van der Waals surface area contributed by atoms with E-state index in [4.69, 9.17) is 27.9 Å². The lowest BCUT2D eigenvalue weighted by molar-refractivity contribution is -0.124. The van der Waals surface area contributed by atoms with Crippen LogP contribution in [-0.4, -0.2) is 29.2 Å². The number of hydrogen-bond donors (Lipinski definition) is 2. The Kier molecular flexibility index (Phi) is 5.23. The van der Waals surface area contributed by atoms with Crippen LogP contribution in [0.3, 0.4) is 0 Å². The van der Waals surface area contributed by atoms with Gasteiger partial charge >= 0.3 is 0 Å². The summed E-state index contributed by atoms with van der Waals surface area (Å²) in [4.78, 5) is 16.9. The van der Waals surface area contributed by atoms with Crippen molar-refractivity contribution in [3.05, 3.63) is 57.7 Å². The molecule has 126 valence electrons. The van der Waals surface area contributed by atoms with E-state index in [-0.39, 0.29) is 18.4 Å². The topological polar surface area (TPSA) is 71.5 Å². The van der Waals surface area contributed by atoms with E-state index >= 15 is 0 Å². The minimum Gasteiger partial charge on any atom is -0.477 e. The number of carbonyl (C=O) groups excluding carboxylic acids is 1. The van der Waals surface area contributed by atoms with Crippen molar-refractivity contribution in [3.8, 4) is 5.88 Å². The van der Waals surface area contributed by atoms with E-state index in [9.17, 15) is 9.90 Å². The summed E-state index contributed by atoms with van der Waals surface area (Å²) in [5.41, 5.74) is 1.37. The predicted molar refractivity (Wildman–Crippen MR) is 91.5 cm³/mol. The second-order valence-corrected chi connectivity index (χ2v) is 6.34. The van der Waals surface area contributed by atoms with Gasteiger partial charge in [-0.3, -0.25) is 4.79 Å². The molecule has 0 unspecified atom stereocenters. The van der Waals surface area contributed by atoms with E-state index < -0.39 is 6.04 Å². The van der Waals surface area contributed by atoms with Crippen LogP contribution < -0.4 is 10.1 Å². The van der Waals surface area contributed by atoms with E-state index in [1.54, 1.807) is 30.5 Å². The molecule has 3 rings (SSSR count). The van der Waals surface area contributed by atoms with Gasteiger partial charge < -0.3 is 15.2 Å². The van der Waals surface area contributed by atoms with Crippen LogP contribution in [0.4, 0.5) is 0 Å². The Morgan fingerprint density at radius 1 is 1.42 bits per heavy atom. The molecule has 0 saturated carbocycles. The zero-order valence-electron chi connectivity index (χ0n) is 12.7. The number of fused-ring (bicyclic) bond motifs is 1. The van der Waals surface area contributed by atoms with Crippen molar-refractivity contribution < 1.29 is 14.6 Å². The van der Waals surface area contributed by atoms with Gasteiger partial charge in [0.05, 0.1) is 25.2 Å². The van der Waals surface area contributed by atoms with Gasteiger partial charge in [-0.25, -0.2) is 4.98 Å². The second-order valence-electron chi connectivity index (χ2n) is 5.50. The number of nitrogens with zero attached hydrogens (tertiary/aromatic N) is 1. The highest BCUT2D eigenvalue weighted by Gasteiger charge is 2.30. The number of rotatable bonds is 4. The van der Waals surface area contributed by atoms with Crippen LogP contribution >= 0.6 is 23.2 Å². The molecule has 0 bridgehead atoms. The Morgan fingerprint density at radius 2 is 2.25 bits per heavy atom. The Labute approximate surface area is 149 Å². The van der Waals surface area contributed by atoms with E-state index in [1.165, 1.54) is 0 Å². The summed E-state index contributed by atoms with van der Waals surface area (Å²) >= 11 is 12.1. The highest BCUT2D eigenvalue weighted by Crippen LogP contribution is 2.33. The highest BCUT2D eigenvalue weighted by molar-refractivity contribution is 6.35. The average Bonchev–Trinajstić information content (AvgIpc) is 2.59. The average molecular weight is 367 g/mol. The maximum absolute atomic E-state index is 12.7. The zero-order chi connectivity index (χ0) is 17.1. The lowest BCUT2D eigenvalue weighted by Gasteiger charge is -2.26. The molecule has 0 fully saturated rings. The van der Waals surface area contributed by atoms with E-state index in [1.807, 2.05) is 6.07 Å². The summed E-state index contributed by atoms with van der Waals surface area (Å²) in [6.45, 7) is 0.157. The molecule has 24 heavy (non-hydrogen) atoms. The quantitative estimate of drug-likeness (QED) is 0.871. The number of aliphatic hydroxyl groups excluding tert-OH is 1. The molecule has 1 aliphatic heterocycles. The van der Waals surface area contributed by atoms with Crippen molar-refractivity contribution in [1.82, 2.24) is 10.3 Å². The number of nitrogens with one attached hydrogen (secondary N) is 1. The van der Waals surface area contributed by atoms with Crippen LogP contribution in [0.1, 0.15) is 29.5 Å². The molecule has 2 atom stereocenters. The number of benzene rings is 1. The third-order valence-corrected chi connectivity index (χ3v) is 4.54. The fourth-order valence-corrected chi connectivity index (χ4v) is 3.31. The molecular weight excluding hydrogens is 351 g/mol. The number of hydrogen-bond acceptors (Lipinski definition) is 4. The smallest absolute Gasteiger partial charge is 0.228 e. The van der Waals surface area contributed by atoms with Gasteiger partial charge in [-0.15, -0.1) is 0 Å². The van der Waals surface area contributed by atoms with Gasteiger partial charge in [0, 0.05) is 21.8 Å². The summed E-state index contributed by atoms with van der Waals surface area (Å²) in [5.74, 6) is -0.0887. The maximum Gasteiger partial charge on any atom is 0.228 e. The molecule has 1 aliphatic rings. The molecule has 1 aromatic carbocycles.